The third-order valence-corrected chi connectivity index (χ3v) is 32.9. The largest absolute Gasteiger partial charge is 1.00 e. The van der Waals surface area contributed by atoms with Gasteiger partial charge in [-0.05, 0) is 143 Å². The van der Waals surface area contributed by atoms with E-state index in [9.17, 15) is 0 Å². The van der Waals surface area contributed by atoms with Gasteiger partial charge in [0.1, 0.15) is 0 Å². The fraction of sp³-hybridized carbons (Fsp3) is 0. The second kappa shape index (κ2) is 59.0. The van der Waals surface area contributed by atoms with Crippen LogP contribution in [0.25, 0.3) is 0 Å². The van der Waals surface area contributed by atoms with Crippen LogP contribution in [0.2, 0.25) is 0 Å². The minimum atomic E-state index is -0.446. The molecule has 0 unspecified atom stereocenters. The molecule has 18 rings (SSSR count). The topological polar surface area (TPSA) is 0 Å². The van der Waals surface area contributed by atoms with Crippen LogP contribution in [0.1, 0.15) is 0 Å². The first-order valence-corrected chi connectivity index (χ1v) is 46.5. The van der Waals surface area contributed by atoms with Crippen LogP contribution >= 0.6 is 47.5 Å². The van der Waals surface area contributed by atoms with E-state index < -0.39 is 47.5 Å². The van der Waals surface area contributed by atoms with Crippen molar-refractivity contribution >= 4 is 143 Å². The first kappa shape index (κ1) is 103. The van der Waals surface area contributed by atoms with Crippen LogP contribution in [0.5, 0.6) is 0 Å². The molecule has 0 heterocycles. The van der Waals surface area contributed by atoms with E-state index in [0.29, 0.717) is 0 Å². The molecule has 0 aliphatic carbocycles. The minimum absolute atomic E-state index is 0. The van der Waals surface area contributed by atoms with Gasteiger partial charge in [-0.1, -0.05) is 546 Å². The van der Waals surface area contributed by atoms with Crippen LogP contribution in [-0.4, -0.2) is 0 Å². The Morgan fingerprint density at radius 2 is 0.124 bits per heavy atom. The molecule has 12 heteroatoms. The molecular weight excluding hydrogens is 2680 g/mol. The van der Waals surface area contributed by atoms with E-state index in [2.05, 4.69) is 546 Å². The fourth-order valence-corrected chi connectivity index (χ4v) is 26.9. The smallest absolute Gasteiger partial charge is 0.358 e. The van der Waals surface area contributed by atoms with E-state index in [1.807, 2.05) is 0 Å². The second-order valence-electron chi connectivity index (χ2n) is 26.1. The zero-order valence-electron chi connectivity index (χ0n) is 66.5. The van der Waals surface area contributed by atoms with Crippen LogP contribution in [-0.2, 0) is 134 Å². The van der Waals surface area contributed by atoms with Crippen molar-refractivity contribution in [2.45, 2.75) is 0 Å². The van der Waals surface area contributed by atoms with Gasteiger partial charge >= 0.3 is 67.1 Å². The Morgan fingerprint density at radius 3 is 0.165 bits per heavy atom. The van der Waals surface area contributed by atoms with Gasteiger partial charge in [0.05, 0.1) is 0 Å². The van der Waals surface area contributed by atoms with Crippen molar-refractivity contribution in [1.82, 2.24) is 0 Å². The van der Waals surface area contributed by atoms with Gasteiger partial charge in [-0.25, -0.2) is 0 Å². The molecule has 0 spiro atoms. The summed E-state index contributed by atoms with van der Waals surface area (Å²) in [4.78, 5) is 0. The maximum Gasteiger partial charge on any atom is 1.00 e. The standard InChI is InChI=1S/6C18H15P.CH3.6Au/c6*1-4-10-16(11-5-1)19(17-12-6-2-7-13-17)18-14-8-3-9-15-18;;;;;;;/h6*1-15H;1H3;;;;;;/q;;;;;;-1;;;;3*+1. The predicted molar refractivity (Wildman–Crippen MR) is 517 cm³/mol. The minimum Gasteiger partial charge on any atom is -0.358 e. The van der Waals surface area contributed by atoms with Gasteiger partial charge in [0.15, 0.2) is 0 Å². The Kier molecular flexibility index (Phi) is 50.1. The Balaban J connectivity index is 0.000000222. The van der Waals surface area contributed by atoms with E-state index in [1.165, 1.54) is 95.5 Å². The third kappa shape index (κ3) is 31.9. The van der Waals surface area contributed by atoms with Crippen molar-refractivity contribution in [2.75, 3.05) is 0 Å². The Bertz CT molecular complexity index is 4100. The van der Waals surface area contributed by atoms with Crippen LogP contribution in [0, 0.1) is 7.43 Å². The van der Waals surface area contributed by atoms with Crippen LogP contribution in [0.15, 0.2) is 546 Å². The molecular formula is C109H93Au6P6+2. The molecule has 0 saturated heterocycles. The van der Waals surface area contributed by atoms with Gasteiger partial charge in [-0.15, -0.1) is 0 Å². The number of hydrogen-bond acceptors (Lipinski definition) is 0. The van der Waals surface area contributed by atoms with E-state index in [0.717, 1.165) is 0 Å². The normalized spacial score (nSPS) is 9.97. The average molecular weight is 2770 g/mol. The van der Waals surface area contributed by atoms with Gasteiger partial charge in [-0.2, -0.15) is 0 Å². The number of benzene rings is 18. The van der Waals surface area contributed by atoms with E-state index >= 15 is 0 Å². The molecule has 0 bridgehead atoms. The summed E-state index contributed by atoms with van der Waals surface area (Å²) in [5.41, 5.74) is 0. The van der Waals surface area contributed by atoms with Crippen molar-refractivity contribution < 1.29 is 134 Å². The van der Waals surface area contributed by atoms with Gasteiger partial charge in [-0.3, -0.25) is 0 Å². The van der Waals surface area contributed by atoms with Crippen molar-refractivity contribution in [1.29, 1.82) is 0 Å². The summed E-state index contributed by atoms with van der Waals surface area (Å²) in [7, 11) is -2.68. The zero-order chi connectivity index (χ0) is 77.5. The third-order valence-electron chi connectivity index (χ3n) is 18.3. The Labute approximate surface area is 821 Å². The molecule has 0 nitrogen and oxygen atoms in total. The van der Waals surface area contributed by atoms with E-state index in [4.69, 9.17) is 0 Å². The monoisotopic (exact) mass is 2770 g/mol. The summed E-state index contributed by atoms with van der Waals surface area (Å²) in [5, 5.41) is 25.2. The summed E-state index contributed by atoms with van der Waals surface area (Å²) in [6.45, 7) is 0. The molecule has 0 saturated carbocycles. The summed E-state index contributed by atoms with van der Waals surface area (Å²) in [6.07, 6.45) is 0. The molecule has 0 aliphatic heterocycles. The second-order valence-corrected chi connectivity index (χ2v) is 39.4. The quantitative estimate of drug-likeness (QED) is 0.0456. The zero-order valence-corrected chi connectivity index (χ0v) is 84.8. The van der Waals surface area contributed by atoms with Crippen molar-refractivity contribution in [3.05, 3.63) is 553 Å². The SMILES string of the molecule is [Au+].[Au+].[Au+].[Au].[Au].[Au].[CH3-].c1ccc(P(c2ccccc2)c2ccccc2)cc1.c1ccc(P(c2ccccc2)c2ccccc2)cc1.c1ccc(P(c2ccccc2)c2ccccc2)cc1.c1ccc(P(c2ccccc2)c2ccccc2)cc1.c1ccc(P(c2ccccc2)c2ccccc2)cc1.c1ccc(P(c2ccccc2)c2ccccc2)cc1. The molecule has 0 atom stereocenters. The molecule has 0 fully saturated rings. The van der Waals surface area contributed by atoms with E-state index in [-0.39, 0.29) is 142 Å². The van der Waals surface area contributed by atoms with Crippen LogP contribution in [0.3, 0.4) is 0 Å². The first-order chi connectivity index (χ1) is 56.7. The molecule has 0 aromatic heterocycles. The van der Waals surface area contributed by atoms with Gasteiger partial charge in [0.2, 0.25) is 0 Å². The molecule has 18 aromatic rings. The summed E-state index contributed by atoms with van der Waals surface area (Å²) in [5.74, 6) is 0. The summed E-state index contributed by atoms with van der Waals surface area (Å²) < 4.78 is 0. The van der Waals surface area contributed by atoms with E-state index in [1.54, 1.807) is 0 Å². The first-order valence-electron chi connectivity index (χ1n) is 38.4. The Morgan fingerprint density at radius 1 is 0.0826 bits per heavy atom. The van der Waals surface area contributed by atoms with Gasteiger partial charge in [0, 0.05) is 67.1 Å². The fourth-order valence-electron chi connectivity index (χ4n) is 13.1. The number of hydrogen-bond donors (Lipinski definition) is 0. The molecule has 18 aromatic carbocycles. The molecule has 0 N–H and O–H groups in total. The molecule has 3 radical (unpaired) electrons. The van der Waals surface area contributed by atoms with Gasteiger partial charge in [0.25, 0.3) is 0 Å². The average Bonchev–Trinajstić information content (AvgIpc) is 0.853. The molecule has 623 valence electrons. The number of rotatable bonds is 18. The molecule has 121 heavy (non-hydrogen) atoms. The summed E-state index contributed by atoms with van der Waals surface area (Å²) in [6, 6.07) is 194. The Hall–Kier alpha value is -7.02. The van der Waals surface area contributed by atoms with Crippen molar-refractivity contribution in [3.63, 3.8) is 0 Å². The van der Waals surface area contributed by atoms with Crippen molar-refractivity contribution in [2.24, 2.45) is 0 Å². The maximum absolute atomic E-state index is 2.23. The van der Waals surface area contributed by atoms with Crippen LogP contribution in [0.4, 0.5) is 0 Å². The molecule has 0 aliphatic rings. The summed E-state index contributed by atoms with van der Waals surface area (Å²) >= 11 is 0. The van der Waals surface area contributed by atoms with Gasteiger partial charge < -0.3 is 7.43 Å². The van der Waals surface area contributed by atoms with Crippen molar-refractivity contribution in [3.8, 4) is 0 Å². The van der Waals surface area contributed by atoms with Crippen LogP contribution < -0.4 is 95.5 Å². The molecule has 0 amide bonds. The maximum atomic E-state index is 2.23. The predicted octanol–water partition coefficient (Wildman–Crippen LogP) is 21.1.